The molecule has 1 saturated heterocycles. The Bertz CT molecular complexity index is 845. The number of benzene rings is 1. The number of amides is 2. The molecule has 0 unspecified atom stereocenters. The van der Waals surface area contributed by atoms with Crippen molar-refractivity contribution >= 4 is 46.2 Å². The van der Waals surface area contributed by atoms with Gasteiger partial charge < -0.3 is 5.32 Å². The van der Waals surface area contributed by atoms with Crippen LogP contribution in [0.15, 0.2) is 60.0 Å². The predicted molar refractivity (Wildman–Crippen MR) is 111 cm³/mol. The molecule has 2 amide bonds. The van der Waals surface area contributed by atoms with E-state index in [4.69, 9.17) is 12.2 Å². The summed E-state index contributed by atoms with van der Waals surface area (Å²) in [6, 6.07) is 11.9. The fourth-order valence-corrected chi connectivity index (χ4v) is 4.41. The molecule has 0 bridgehead atoms. The Kier molecular flexibility index (Phi) is 5.73. The van der Waals surface area contributed by atoms with E-state index >= 15 is 0 Å². The third kappa shape index (κ3) is 4.44. The van der Waals surface area contributed by atoms with Gasteiger partial charge in [-0.05, 0) is 32.0 Å². The van der Waals surface area contributed by atoms with Gasteiger partial charge in [0.05, 0.1) is 11.0 Å². The van der Waals surface area contributed by atoms with Crippen LogP contribution in [0.1, 0.15) is 19.4 Å². The summed E-state index contributed by atoms with van der Waals surface area (Å²) in [6.45, 7) is 3.79. The molecule has 0 spiro atoms. The number of para-hydroxylation sites is 1. The van der Waals surface area contributed by atoms with Gasteiger partial charge in [0.1, 0.15) is 0 Å². The highest BCUT2D eigenvalue weighted by molar-refractivity contribution is 8.24. The number of rotatable bonds is 4. The Labute approximate surface area is 167 Å². The van der Waals surface area contributed by atoms with Crippen LogP contribution in [-0.2, 0) is 0 Å². The van der Waals surface area contributed by atoms with Crippen LogP contribution in [0, 0.1) is 0 Å². The van der Waals surface area contributed by atoms with Gasteiger partial charge in [-0.3, -0.25) is 10.2 Å². The molecule has 2 aromatic rings. The van der Waals surface area contributed by atoms with E-state index in [0.717, 1.165) is 5.56 Å². The Morgan fingerprint density at radius 2 is 2.11 bits per heavy atom. The van der Waals surface area contributed by atoms with E-state index in [2.05, 4.69) is 15.4 Å². The number of nitrogens with one attached hydrogen (secondary N) is 1. The first-order chi connectivity index (χ1) is 12.9. The topological polar surface area (TPSA) is 81.1 Å². The molecular formula is C18H19N5O2S2. The minimum Gasteiger partial charge on any atom is -0.306 e. The van der Waals surface area contributed by atoms with Gasteiger partial charge in [0, 0.05) is 23.6 Å². The SMILES string of the molecule is CC1(C)SC(=S)N(/N=C\c2cccnc2)[C@H]1N(O)C(=O)Nc1ccccc1. The maximum Gasteiger partial charge on any atom is 0.347 e. The number of thioether (sulfide) groups is 1. The summed E-state index contributed by atoms with van der Waals surface area (Å²) in [4.78, 5) is 16.6. The van der Waals surface area contributed by atoms with Crippen molar-refractivity contribution in [3.8, 4) is 0 Å². The van der Waals surface area contributed by atoms with Crippen molar-refractivity contribution in [2.24, 2.45) is 5.10 Å². The lowest BCUT2D eigenvalue weighted by molar-refractivity contribution is -0.114. The summed E-state index contributed by atoms with van der Waals surface area (Å²) in [5, 5.41) is 19.8. The second-order valence-electron chi connectivity index (χ2n) is 6.36. The molecule has 0 saturated carbocycles. The predicted octanol–water partition coefficient (Wildman–Crippen LogP) is 3.78. The van der Waals surface area contributed by atoms with Gasteiger partial charge in [-0.15, -0.1) is 0 Å². The van der Waals surface area contributed by atoms with E-state index < -0.39 is 16.9 Å². The first-order valence-electron chi connectivity index (χ1n) is 8.19. The van der Waals surface area contributed by atoms with Gasteiger partial charge in [-0.25, -0.2) is 9.80 Å². The second kappa shape index (κ2) is 8.03. The highest BCUT2D eigenvalue weighted by Crippen LogP contribution is 2.42. The molecule has 7 nitrogen and oxygen atoms in total. The van der Waals surface area contributed by atoms with E-state index in [1.807, 2.05) is 26.0 Å². The maximum atomic E-state index is 12.5. The molecule has 3 rings (SSSR count). The molecule has 1 aromatic carbocycles. The lowest BCUT2D eigenvalue weighted by atomic mass is 10.1. The summed E-state index contributed by atoms with van der Waals surface area (Å²) in [6.07, 6.45) is 4.15. The van der Waals surface area contributed by atoms with Gasteiger partial charge in [0.25, 0.3) is 0 Å². The first kappa shape index (κ1) is 19.3. The number of hydrogen-bond acceptors (Lipinski definition) is 6. The van der Waals surface area contributed by atoms with Crippen molar-refractivity contribution < 1.29 is 10.0 Å². The fourth-order valence-electron chi connectivity index (χ4n) is 2.62. The Morgan fingerprint density at radius 1 is 1.37 bits per heavy atom. The van der Waals surface area contributed by atoms with Crippen LogP contribution in [0.2, 0.25) is 0 Å². The zero-order valence-electron chi connectivity index (χ0n) is 14.8. The van der Waals surface area contributed by atoms with E-state index in [0.29, 0.717) is 15.1 Å². The summed E-state index contributed by atoms with van der Waals surface area (Å²) >= 11 is 6.78. The number of hydroxylamine groups is 2. The number of anilines is 1. The largest absolute Gasteiger partial charge is 0.347 e. The van der Waals surface area contributed by atoms with E-state index in [9.17, 15) is 10.0 Å². The first-order valence-corrected chi connectivity index (χ1v) is 9.41. The smallest absolute Gasteiger partial charge is 0.306 e. The van der Waals surface area contributed by atoms with Crippen molar-refractivity contribution in [1.29, 1.82) is 0 Å². The number of aromatic nitrogens is 1. The number of urea groups is 1. The van der Waals surface area contributed by atoms with Crippen molar-refractivity contribution in [2.75, 3.05) is 5.32 Å². The van der Waals surface area contributed by atoms with Crippen molar-refractivity contribution in [3.05, 3.63) is 60.4 Å². The molecule has 27 heavy (non-hydrogen) atoms. The maximum absolute atomic E-state index is 12.5. The highest BCUT2D eigenvalue weighted by atomic mass is 32.2. The summed E-state index contributed by atoms with van der Waals surface area (Å²) in [5.41, 5.74) is 1.37. The molecule has 2 heterocycles. The molecular weight excluding hydrogens is 382 g/mol. The molecule has 140 valence electrons. The molecule has 0 aliphatic carbocycles. The van der Waals surface area contributed by atoms with Gasteiger partial charge in [0.15, 0.2) is 10.5 Å². The number of hydrogen-bond donors (Lipinski definition) is 2. The molecule has 9 heteroatoms. The lowest BCUT2D eigenvalue weighted by Gasteiger charge is -2.34. The number of nitrogens with zero attached hydrogens (tertiary/aromatic N) is 4. The number of carbonyl (C=O) groups excluding carboxylic acids is 1. The van der Waals surface area contributed by atoms with Crippen molar-refractivity contribution in [1.82, 2.24) is 15.1 Å². The summed E-state index contributed by atoms with van der Waals surface area (Å²) < 4.78 is -0.0942. The van der Waals surface area contributed by atoms with Crippen LogP contribution in [0.4, 0.5) is 10.5 Å². The quantitative estimate of drug-likeness (QED) is 0.351. The minimum atomic E-state index is -0.772. The summed E-state index contributed by atoms with van der Waals surface area (Å²) in [5.74, 6) is 0. The highest BCUT2D eigenvalue weighted by Gasteiger charge is 2.50. The van der Waals surface area contributed by atoms with Crippen LogP contribution in [0.3, 0.4) is 0 Å². The Morgan fingerprint density at radius 3 is 2.78 bits per heavy atom. The van der Waals surface area contributed by atoms with Crippen LogP contribution in [0.25, 0.3) is 0 Å². The molecule has 1 fully saturated rings. The molecule has 1 aliphatic rings. The third-order valence-corrected chi connectivity index (χ3v) is 5.41. The monoisotopic (exact) mass is 401 g/mol. The van der Waals surface area contributed by atoms with Crippen LogP contribution >= 0.6 is 24.0 Å². The van der Waals surface area contributed by atoms with Gasteiger partial charge in [0.2, 0.25) is 0 Å². The van der Waals surface area contributed by atoms with Crippen LogP contribution < -0.4 is 5.32 Å². The number of hydrazone groups is 1. The molecule has 1 aromatic heterocycles. The zero-order valence-corrected chi connectivity index (χ0v) is 16.4. The zero-order chi connectivity index (χ0) is 19.4. The van der Waals surface area contributed by atoms with Gasteiger partial charge in [-0.2, -0.15) is 10.2 Å². The summed E-state index contributed by atoms with van der Waals surface area (Å²) in [7, 11) is 0. The number of pyridine rings is 1. The van der Waals surface area contributed by atoms with Crippen molar-refractivity contribution in [2.45, 2.75) is 24.8 Å². The Balaban J connectivity index is 1.81. The van der Waals surface area contributed by atoms with Gasteiger partial charge in [-0.1, -0.05) is 48.2 Å². The van der Waals surface area contributed by atoms with E-state index in [1.165, 1.54) is 16.8 Å². The molecule has 1 atom stereocenters. The van der Waals surface area contributed by atoms with Gasteiger partial charge >= 0.3 is 6.03 Å². The van der Waals surface area contributed by atoms with Crippen LogP contribution in [-0.4, -0.2) is 47.7 Å². The van der Waals surface area contributed by atoms with E-state index in [1.54, 1.807) is 48.9 Å². The molecule has 0 radical (unpaired) electrons. The average Bonchev–Trinajstić information content (AvgIpc) is 2.88. The normalized spacial score (nSPS) is 18.7. The van der Waals surface area contributed by atoms with Crippen LogP contribution in [0.5, 0.6) is 0 Å². The van der Waals surface area contributed by atoms with E-state index in [-0.39, 0.29) is 0 Å². The van der Waals surface area contributed by atoms with Crippen molar-refractivity contribution in [3.63, 3.8) is 0 Å². The minimum absolute atomic E-state index is 0.469. The average molecular weight is 402 g/mol. The fraction of sp³-hybridized carbons (Fsp3) is 0.222. The number of thiocarbonyl (C=S) groups is 1. The lowest BCUT2D eigenvalue weighted by Crippen LogP contribution is -2.54. The molecule has 1 aliphatic heterocycles. The Hall–Kier alpha value is -2.49. The molecule has 2 N–H and O–H groups in total. The second-order valence-corrected chi connectivity index (χ2v) is 8.65. The standard InChI is InChI=1S/C18H19N5O2S2/c1-18(2)15(23(25)16(24)21-14-8-4-3-5-9-14)22(17(26)27-18)20-12-13-7-6-10-19-11-13/h3-12,15,25H,1-2H3,(H,21,24)/b20-12-/t15-/m0/s1. The number of carbonyl (C=O) groups is 1. The third-order valence-electron chi connectivity index (χ3n) is 3.87.